The predicted molar refractivity (Wildman–Crippen MR) is 76.6 cm³/mol. The van der Waals surface area contributed by atoms with Gasteiger partial charge in [0, 0.05) is 37.6 Å². The number of carbonyl (C=O) groups is 2. The van der Waals surface area contributed by atoms with Crippen molar-refractivity contribution in [3.63, 3.8) is 0 Å². The maximum absolute atomic E-state index is 11.6. The lowest BCUT2D eigenvalue weighted by Gasteiger charge is -2.08. The second-order valence-corrected chi connectivity index (χ2v) is 5.23. The molecule has 6 nitrogen and oxygen atoms in total. The second-order valence-electron chi connectivity index (χ2n) is 5.23. The lowest BCUT2D eigenvalue weighted by atomic mass is 10.2. The van der Waals surface area contributed by atoms with Gasteiger partial charge in [-0.25, -0.2) is 0 Å². The van der Waals surface area contributed by atoms with Crippen LogP contribution in [0.15, 0.2) is 24.3 Å². The molecule has 0 atom stereocenters. The molecule has 0 unspecified atom stereocenters. The third-order valence-corrected chi connectivity index (χ3v) is 3.27. The highest BCUT2D eigenvalue weighted by Gasteiger charge is 2.21. The second kappa shape index (κ2) is 5.60. The Morgan fingerprint density at radius 2 is 1.15 bits per heavy atom. The SMILES string of the molecule is O=C(CN1CC1)Nc1ccc(NC(=O)CN2CC2)cc1. The number of anilines is 2. The van der Waals surface area contributed by atoms with Gasteiger partial charge >= 0.3 is 0 Å². The molecule has 3 rings (SSSR count). The van der Waals surface area contributed by atoms with E-state index in [9.17, 15) is 9.59 Å². The molecular weight excluding hydrogens is 256 g/mol. The van der Waals surface area contributed by atoms with Gasteiger partial charge in [0.25, 0.3) is 0 Å². The normalized spacial score (nSPS) is 17.6. The van der Waals surface area contributed by atoms with E-state index in [1.165, 1.54) is 0 Å². The van der Waals surface area contributed by atoms with Gasteiger partial charge in [0.2, 0.25) is 11.8 Å². The van der Waals surface area contributed by atoms with Crippen molar-refractivity contribution in [1.82, 2.24) is 9.80 Å². The molecule has 0 aromatic heterocycles. The minimum atomic E-state index is 0.000758. The van der Waals surface area contributed by atoms with Crippen LogP contribution in [0.3, 0.4) is 0 Å². The van der Waals surface area contributed by atoms with Crippen molar-refractivity contribution >= 4 is 23.2 Å². The van der Waals surface area contributed by atoms with Gasteiger partial charge in [-0.3, -0.25) is 19.4 Å². The topological polar surface area (TPSA) is 64.2 Å². The Hall–Kier alpha value is -1.92. The van der Waals surface area contributed by atoms with Crippen LogP contribution in [0.4, 0.5) is 11.4 Å². The summed E-state index contributed by atoms with van der Waals surface area (Å²) in [5.74, 6) is 0.00152. The zero-order valence-electron chi connectivity index (χ0n) is 11.3. The molecule has 2 amide bonds. The van der Waals surface area contributed by atoms with Crippen LogP contribution in [0.5, 0.6) is 0 Å². The largest absolute Gasteiger partial charge is 0.325 e. The summed E-state index contributed by atoms with van der Waals surface area (Å²) in [6, 6.07) is 7.20. The summed E-state index contributed by atoms with van der Waals surface area (Å²) in [6.45, 7) is 4.94. The number of hydrogen-bond acceptors (Lipinski definition) is 4. The summed E-state index contributed by atoms with van der Waals surface area (Å²) in [5, 5.41) is 5.67. The van der Waals surface area contributed by atoms with Gasteiger partial charge < -0.3 is 10.6 Å². The molecule has 6 heteroatoms. The van der Waals surface area contributed by atoms with E-state index in [2.05, 4.69) is 20.4 Å². The fourth-order valence-corrected chi connectivity index (χ4v) is 1.90. The molecule has 2 N–H and O–H groups in total. The summed E-state index contributed by atoms with van der Waals surface area (Å²) in [7, 11) is 0. The van der Waals surface area contributed by atoms with Crippen LogP contribution in [0.2, 0.25) is 0 Å². The van der Waals surface area contributed by atoms with Crippen LogP contribution in [-0.2, 0) is 9.59 Å². The van der Waals surface area contributed by atoms with Crippen molar-refractivity contribution in [1.29, 1.82) is 0 Å². The highest BCUT2D eigenvalue weighted by molar-refractivity contribution is 5.94. The third-order valence-electron chi connectivity index (χ3n) is 3.27. The van der Waals surface area contributed by atoms with Crippen molar-refractivity contribution in [3.8, 4) is 0 Å². The van der Waals surface area contributed by atoms with Gasteiger partial charge in [0.05, 0.1) is 13.1 Å². The summed E-state index contributed by atoms with van der Waals surface area (Å²) in [6.07, 6.45) is 0. The summed E-state index contributed by atoms with van der Waals surface area (Å²) in [5.41, 5.74) is 1.50. The fourth-order valence-electron chi connectivity index (χ4n) is 1.90. The molecule has 0 bridgehead atoms. The van der Waals surface area contributed by atoms with E-state index in [-0.39, 0.29) is 11.8 Å². The molecular formula is C14H18N4O2. The molecule has 2 aliphatic heterocycles. The minimum Gasteiger partial charge on any atom is -0.325 e. The quantitative estimate of drug-likeness (QED) is 0.727. The van der Waals surface area contributed by atoms with Gasteiger partial charge in [-0.2, -0.15) is 0 Å². The molecule has 2 saturated heterocycles. The van der Waals surface area contributed by atoms with Crippen molar-refractivity contribution in [2.24, 2.45) is 0 Å². The van der Waals surface area contributed by atoms with E-state index in [1.807, 2.05) is 0 Å². The van der Waals surface area contributed by atoms with Crippen molar-refractivity contribution in [2.45, 2.75) is 0 Å². The Labute approximate surface area is 117 Å². The maximum atomic E-state index is 11.6. The molecule has 2 heterocycles. The van der Waals surface area contributed by atoms with Crippen molar-refractivity contribution in [2.75, 3.05) is 49.9 Å². The lowest BCUT2D eigenvalue weighted by molar-refractivity contribution is -0.117. The molecule has 106 valence electrons. The Morgan fingerprint density at radius 1 is 0.800 bits per heavy atom. The van der Waals surface area contributed by atoms with Gasteiger partial charge in [0.1, 0.15) is 0 Å². The average molecular weight is 274 g/mol. The number of nitrogens with zero attached hydrogens (tertiary/aromatic N) is 2. The first kappa shape index (κ1) is 13.1. The fraction of sp³-hybridized carbons (Fsp3) is 0.429. The summed E-state index contributed by atoms with van der Waals surface area (Å²) < 4.78 is 0. The first-order valence-electron chi connectivity index (χ1n) is 6.83. The molecule has 0 spiro atoms. The summed E-state index contributed by atoms with van der Waals surface area (Å²) >= 11 is 0. The first-order valence-corrected chi connectivity index (χ1v) is 6.83. The van der Waals surface area contributed by atoms with E-state index >= 15 is 0 Å². The number of rotatable bonds is 6. The third kappa shape index (κ3) is 4.04. The van der Waals surface area contributed by atoms with Crippen LogP contribution in [0, 0.1) is 0 Å². The molecule has 20 heavy (non-hydrogen) atoms. The van der Waals surface area contributed by atoms with E-state index in [0.29, 0.717) is 13.1 Å². The van der Waals surface area contributed by atoms with Crippen LogP contribution < -0.4 is 10.6 Å². The van der Waals surface area contributed by atoms with E-state index in [4.69, 9.17) is 0 Å². The molecule has 0 aliphatic carbocycles. The Morgan fingerprint density at radius 3 is 1.45 bits per heavy atom. The maximum Gasteiger partial charge on any atom is 0.238 e. The molecule has 0 radical (unpaired) electrons. The average Bonchev–Trinajstić information content (AvgIpc) is 3.28. The van der Waals surface area contributed by atoms with Gasteiger partial charge in [-0.05, 0) is 24.3 Å². The zero-order valence-corrected chi connectivity index (χ0v) is 11.3. The standard InChI is InChI=1S/C14H18N4O2/c19-13(9-17-5-6-17)15-11-1-2-12(4-3-11)16-14(20)10-18-7-8-18/h1-4H,5-10H2,(H,15,19)(H,16,20). The van der Waals surface area contributed by atoms with Gasteiger partial charge in [0.15, 0.2) is 0 Å². The Bertz CT molecular complexity index is 459. The first-order chi connectivity index (χ1) is 9.69. The summed E-state index contributed by atoms with van der Waals surface area (Å²) in [4.78, 5) is 27.4. The highest BCUT2D eigenvalue weighted by atomic mass is 16.2. The predicted octanol–water partition coefficient (Wildman–Crippen LogP) is 0.195. The van der Waals surface area contributed by atoms with E-state index in [1.54, 1.807) is 24.3 Å². The van der Waals surface area contributed by atoms with Crippen molar-refractivity contribution < 1.29 is 9.59 Å². The number of nitrogens with one attached hydrogen (secondary N) is 2. The lowest BCUT2D eigenvalue weighted by Crippen LogP contribution is -2.22. The van der Waals surface area contributed by atoms with Crippen LogP contribution in [-0.4, -0.2) is 60.9 Å². The number of hydrogen-bond donors (Lipinski definition) is 2. The Balaban J connectivity index is 1.48. The molecule has 0 saturated carbocycles. The minimum absolute atomic E-state index is 0.000758. The highest BCUT2D eigenvalue weighted by Crippen LogP contribution is 2.14. The molecule has 1 aromatic carbocycles. The smallest absolute Gasteiger partial charge is 0.238 e. The number of amides is 2. The Kier molecular flexibility index (Phi) is 3.66. The van der Waals surface area contributed by atoms with Gasteiger partial charge in [-0.1, -0.05) is 0 Å². The zero-order chi connectivity index (χ0) is 13.9. The van der Waals surface area contributed by atoms with Gasteiger partial charge in [-0.15, -0.1) is 0 Å². The molecule has 2 fully saturated rings. The van der Waals surface area contributed by atoms with E-state index < -0.39 is 0 Å². The van der Waals surface area contributed by atoms with Crippen molar-refractivity contribution in [3.05, 3.63) is 24.3 Å². The number of carbonyl (C=O) groups excluding carboxylic acids is 2. The van der Waals surface area contributed by atoms with Crippen LogP contribution in [0.25, 0.3) is 0 Å². The molecule has 1 aromatic rings. The van der Waals surface area contributed by atoms with E-state index in [0.717, 1.165) is 37.6 Å². The van der Waals surface area contributed by atoms with Crippen LogP contribution >= 0.6 is 0 Å². The van der Waals surface area contributed by atoms with Crippen LogP contribution in [0.1, 0.15) is 0 Å². The molecule has 2 aliphatic rings. The number of benzene rings is 1. The monoisotopic (exact) mass is 274 g/mol.